The fraction of sp³-hybridized carbons (Fsp3) is 0.458. The molecule has 34 heavy (non-hydrogen) atoms. The van der Waals surface area contributed by atoms with Crippen molar-refractivity contribution in [1.82, 2.24) is 10.2 Å². The van der Waals surface area contributed by atoms with Crippen LogP contribution in [0.25, 0.3) is 0 Å². The van der Waals surface area contributed by atoms with Crippen LogP contribution in [0, 0.1) is 0 Å². The molecular weight excluding hydrogens is 462 g/mol. The molecule has 2 aromatic carbocycles. The van der Waals surface area contributed by atoms with Crippen molar-refractivity contribution in [1.29, 1.82) is 0 Å². The molecule has 2 amide bonds. The van der Waals surface area contributed by atoms with Crippen molar-refractivity contribution >= 4 is 6.03 Å². The first-order chi connectivity index (χ1) is 15.6. The average Bonchev–Trinajstić information content (AvgIpc) is 3.11. The van der Waals surface area contributed by atoms with Crippen molar-refractivity contribution in [3.63, 3.8) is 0 Å². The van der Waals surface area contributed by atoms with Crippen LogP contribution in [-0.4, -0.2) is 47.5 Å². The van der Waals surface area contributed by atoms with E-state index >= 15 is 0 Å². The van der Waals surface area contributed by atoms with Gasteiger partial charge in [0.05, 0.1) is 0 Å². The highest BCUT2D eigenvalue weighted by Crippen LogP contribution is 2.51. The second-order valence-corrected chi connectivity index (χ2v) is 9.15. The average molecular weight is 488 g/mol. The Balaban J connectivity index is 2.03. The lowest BCUT2D eigenvalue weighted by atomic mass is 9.71. The largest absolute Gasteiger partial charge is 0.430 e. The number of likely N-dealkylation sites (tertiary alicyclic amines) is 1. The summed E-state index contributed by atoms with van der Waals surface area (Å²) in [6, 6.07) is 12.4. The molecule has 4 nitrogen and oxygen atoms in total. The van der Waals surface area contributed by atoms with Crippen molar-refractivity contribution in [2.24, 2.45) is 0 Å². The maximum absolute atomic E-state index is 13.3. The first-order valence-electron chi connectivity index (χ1n) is 10.7. The van der Waals surface area contributed by atoms with Gasteiger partial charge < -0.3 is 15.3 Å². The maximum atomic E-state index is 13.3. The number of hydrogen-bond donors (Lipinski definition) is 2. The van der Waals surface area contributed by atoms with Gasteiger partial charge in [0.25, 0.3) is 5.60 Å². The van der Waals surface area contributed by atoms with E-state index in [2.05, 4.69) is 5.32 Å². The van der Waals surface area contributed by atoms with Crippen LogP contribution in [0.1, 0.15) is 43.4 Å². The van der Waals surface area contributed by atoms with Crippen molar-refractivity contribution in [3.8, 4) is 0 Å². The summed E-state index contributed by atoms with van der Waals surface area (Å²) < 4.78 is 79.5. The molecule has 3 rings (SSSR count). The summed E-state index contributed by atoms with van der Waals surface area (Å²) in [7, 11) is 0. The zero-order valence-electron chi connectivity index (χ0n) is 18.8. The van der Waals surface area contributed by atoms with Gasteiger partial charge in [0.1, 0.15) is 0 Å². The molecule has 1 aliphatic rings. The molecule has 0 bridgehead atoms. The van der Waals surface area contributed by atoms with Crippen LogP contribution in [0.3, 0.4) is 0 Å². The summed E-state index contributed by atoms with van der Waals surface area (Å²) in [5.41, 5.74) is -5.61. The second-order valence-electron chi connectivity index (χ2n) is 9.15. The number of aliphatic hydroxyl groups is 1. The number of nitrogens with one attached hydrogen (secondary N) is 1. The van der Waals surface area contributed by atoms with Gasteiger partial charge in [-0.15, -0.1) is 0 Å². The van der Waals surface area contributed by atoms with E-state index in [9.17, 15) is 36.2 Å². The van der Waals surface area contributed by atoms with Crippen LogP contribution in [0.5, 0.6) is 0 Å². The molecule has 10 heteroatoms. The van der Waals surface area contributed by atoms with Crippen LogP contribution in [0.2, 0.25) is 0 Å². The van der Waals surface area contributed by atoms with E-state index in [0.29, 0.717) is 24.2 Å². The van der Waals surface area contributed by atoms with Gasteiger partial charge in [0, 0.05) is 36.0 Å². The maximum Gasteiger partial charge on any atom is 0.430 e. The number of urea groups is 1. The highest BCUT2D eigenvalue weighted by atomic mass is 19.4. The highest BCUT2D eigenvalue weighted by Gasteiger charge is 2.71. The van der Waals surface area contributed by atoms with Crippen molar-refractivity contribution in [3.05, 3.63) is 71.3 Å². The van der Waals surface area contributed by atoms with E-state index in [1.54, 1.807) is 4.90 Å². The standard InChI is InChI=1S/C24H26F6N2O2/c1-15(2)31-20(33)32-13-19(21(3,14-32)17-7-5-4-6-8-17)16-9-11-18(12-10-16)22(34,23(25,26)27)24(28,29)30/h4-12,15,19,34H,13-14H2,1-3H3,(H,31,33)/t19-,21+/m0/s1. The molecule has 1 fully saturated rings. The SMILES string of the molecule is CC(C)NC(=O)N1C[C@@H](c2ccc(C(O)(C(F)(F)F)C(F)(F)F)cc2)[C@@](C)(c2ccccc2)C1. The molecule has 0 unspecified atom stereocenters. The fourth-order valence-electron chi connectivity index (χ4n) is 4.52. The number of benzene rings is 2. The van der Waals surface area contributed by atoms with E-state index in [-0.39, 0.29) is 18.6 Å². The third kappa shape index (κ3) is 4.47. The smallest absolute Gasteiger partial charge is 0.369 e. The predicted molar refractivity (Wildman–Crippen MR) is 114 cm³/mol. The molecule has 0 aliphatic carbocycles. The van der Waals surface area contributed by atoms with Gasteiger partial charge in [-0.3, -0.25) is 0 Å². The van der Waals surface area contributed by atoms with Gasteiger partial charge in [0.2, 0.25) is 0 Å². The van der Waals surface area contributed by atoms with Crippen LogP contribution in [0.4, 0.5) is 31.1 Å². The zero-order valence-corrected chi connectivity index (χ0v) is 18.8. The van der Waals surface area contributed by atoms with E-state index in [0.717, 1.165) is 17.7 Å². The van der Waals surface area contributed by atoms with Crippen molar-refractivity contribution in [2.45, 2.75) is 56.1 Å². The topological polar surface area (TPSA) is 52.6 Å². The Bertz CT molecular complexity index is 991. The minimum Gasteiger partial charge on any atom is -0.369 e. The minimum atomic E-state index is -5.95. The number of alkyl halides is 6. The van der Waals surface area contributed by atoms with Gasteiger partial charge in [-0.25, -0.2) is 4.79 Å². The summed E-state index contributed by atoms with van der Waals surface area (Å²) in [5.74, 6) is -0.410. The molecule has 2 aromatic rings. The van der Waals surface area contributed by atoms with Gasteiger partial charge in [-0.2, -0.15) is 26.3 Å². The van der Waals surface area contributed by atoms with Gasteiger partial charge in [0.15, 0.2) is 0 Å². The van der Waals surface area contributed by atoms with Crippen LogP contribution in [0.15, 0.2) is 54.6 Å². The number of nitrogens with zero attached hydrogens (tertiary/aromatic N) is 1. The number of hydrogen-bond acceptors (Lipinski definition) is 2. The Labute approximate surface area is 193 Å². The van der Waals surface area contributed by atoms with E-state index < -0.39 is 34.8 Å². The number of rotatable bonds is 4. The summed E-state index contributed by atoms with van der Waals surface area (Å²) >= 11 is 0. The van der Waals surface area contributed by atoms with Crippen LogP contribution < -0.4 is 5.32 Å². The predicted octanol–water partition coefficient (Wildman–Crippen LogP) is 5.47. The number of carbonyl (C=O) groups excluding carboxylic acids is 1. The molecule has 1 heterocycles. The summed E-state index contributed by atoms with van der Waals surface area (Å²) in [6.07, 6.45) is -11.9. The van der Waals surface area contributed by atoms with Crippen LogP contribution >= 0.6 is 0 Å². The number of amides is 2. The number of halogens is 6. The van der Waals surface area contributed by atoms with Gasteiger partial charge in [-0.1, -0.05) is 61.5 Å². The normalized spacial score (nSPS) is 21.7. The molecule has 0 spiro atoms. The molecular formula is C24H26F6N2O2. The van der Waals surface area contributed by atoms with E-state index in [1.807, 2.05) is 51.1 Å². The molecule has 0 saturated carbocycles. The quantitative estimate of drug-likeness (QED) is 0.561. The minimum absolute atomic E-state index is 0.115. The molecule has 2 N–H and O–H groups in total. The molecule has 1 saturated heterocycles. The lowest BCUT2D eigenvalue weighted by Gasteiger charge is -2.34. The van der Waals surface area contributed by atoms with Crippen molar-refractivity contribution in [2.75, 3.05) is 13.1 Å². The molecule has 0 radical (unpaired) electrons. The Morgan fingerprint density at radius 2 is 1.53 bits per heavy atom. The fourth-order valence-corrected chi connectivity index (χ4v) is 4.52. The lowest BCUT2D eigenvalue weighted by molar-refractivity contribution is -0.376. The summed E-state index contributed by atoms with van der Waals surface area (Å²) in [6.45, 7) is 6.04. The molecule has 186 valence electrons. The van der Waals surface area contributed by atoms with E-state index in [4.69, 9.17) is 0 Å². The Hall–Kier alpha value is -2.75. The zero-order chi connectivity index (χ0) is 25.5. The summed E-state index contributed by atoms with van der Waals surface area (Å²) in [4.78, 5) is 14.3. The Morgan fingerprint density at radius 3 is 2.00 bits per heavy atom. The third-order valence-corrected chi connectivity index (χ3v) is 6.38. The lowest BCUT2D eigenvalue weighted by Crippen LogP contribution is -2.53. The van der Waals surface area contributed by atoms with Gasteiger partial charge in [-0.05, 0) is 25.0 Å². The monoisotopic (exact) mass is 488 g/mol. The van der Waals surface area contributed by atoms with Gasteiger partial charge >= 0.3 is 18.4 Å². The first kappa shape index (κ1) is 25.9. The highest BCUT2D eigenvalue weighted by molar-refractivity contribution is 5.75. The molecule has 0 aromatic heterocycles. The number of carbonyl (C=O) groups is 1. The van der Waals surface area contributed by atoms with E-state index in [1.165, 1.54) is 0 Å². The summed E-state index contributed by atoms with van der Waals surface area (Å²) in [5, 5.41) is 12.5. The molecule has 1 aliphatic heterocycles. The Kier molecular flexibility index (Phi) is 6.69. The first-order valence-corrected chi connectivity index (χ1v) is 10.7. The third-order valence-electron chi connectivity index (χ3n) is 6.38. The second kappa shape index (κ2) is 8.79. The van der Waals surface area contributed by atoms with Crippen LogP contribution in [-0.2, 0) is 11.0 Å². The molecule has 2 atom stereocenters. The Morgan fingerprint density at radius 1 is 1.00 bits per heavy atom. The van der Waals surface area contributed by atoms with Crippen molar-refractivity contribution < 1.29 is 36.2 Å².